The van der Waals surface area contributed by atoms with Crippen LogP contribution in [0.2, 0.25) is 0 Å². The number of rotatable bonds is 1. The van der Waals surface area contributed by atoms with Crippen molar-refractivity contribution in [3.05, 3.63) is 22.3 Å². The molecule has 0 atom stereocenters. The summed E-state index contributed by atoms with van der Waals surface area (Å²) in [5.74, 6) is 0.278. The summed E-state index contributed by atoms with van der Waals surface area (Å²) < 4.78 is 0.774. The van der Waals surface area contributed by atoms with Gasteiger partial charge in [-0.3, -0.25) is 4.79 Å². The normalized spacial score (nSPS) is 18.7. The first-order valence-corrected chi connectivity index (χ1v) is 6.89. The average Bonchev–Trinajstić information content (AvgIpc) is 2.30. The Morgan fingerprint density at radius 1 is 1.56 bits per heavy atom. The summed E-state index contributed by atoms with van der Waals surface area (Å²) in [7, 11) is 0. The molecule has 1 aromatic rings. The van der Waals surface area contributed by atoms with Crippen LogP contribution in [0.15, 0.2) is 16.7 Å². The van der Waals surface area contributed by atoms with Crippen LogP contribution in [-0.4, -0.2) is 28.9 Å². The number of carbonyl (C=O) groups excluding carboxylic acids is 1. The summed E-state index contributed by atoms with van der Waals surface area (Å²) >= 11 is 3.32. The highest BCUT2D eigenvalue weighted by Crippen LogP contribution is 2.30. The smallest absolute Gasteiger partial charge is 0.257 e. The molecular formula is C13H18BrN3O. The maximum atomic E-state index is 12.4. The topological polar surface area (TPSA) is 59.2 Å². The van der Waals surface area contributed by atoms with Gasteiger partial charge in [0, 0.05) is 23.8 Å². The van der Waals surface area contributed by atoms with Gasteiger partial charge in [-0.2, -0.15) is 0 Å². The van der Waals surface area contributed by atoms with E-state index in [1.165, 1.54) is 0 Å². The highest BCUT2D eigenvalue weighted by atomic mass is 79.9. The Balaban J connectivity index is 2.23. The minimum atomic E-state index is -0.0194. The number of pyridine rings is 1. The van der Waals surface area contributed by atoms with Gasteiger partial charge < -0.3 is 10.6 Å². The first kappa shape index (κ1) is 13.3. The second-order valence-electron chi connectivity index (χ2n) is 5.58. The van der Waals surface area contributed by atoms with Crippen LogP contribution >= 0.6 is 15.9 Å². The Labute approximate surface area is 116 Å². The lowest BCUT2D eigenvalue weighted by atomic mass is 9.84. The van der Waals surface area contributed by atoms with E-state index in [9.17, 15) is 4.79 Å². The first-order chi connectivity index (χ1) is 8.39. The summed E-state index contributed by atoms with van der Waals surface area (Å²) in [6.07, 6.45) is 3.80. The maximum absolute atomic E-state index is 12.4. The van der Waals surface area contributed by atoms with Gasteiger partial charge in [0.1, 0.15) is 5.82 Å². The molecule has 0 saturated carbocycles. The Morgan fingerprint density at radius 3 is 2.94 bits per heavy atom. The van der Waals surface area contributed by atoms with Crippen molar-refractivity contribution in [2.24, 2.45) is 5.41 Å². The van der Waals surface area contributed by atoms with Crippen LogP contribution in [0.3, 0.4) is 0 Å². The predicted octanol–water partition coefficient (Wildman–Crippen LogP) is 2.69. The molecule has 0 spiro atoms. The SMILES string of the molecule is CC1(C)CCCN(C(=O)c2cc(Br)cnc2N)C1. The molecule has 18 heavy (non-hydrogen) atoms. The number of likely N-dealkylation sites (tertiary alicyclic amines) is 1. The zero-order valence-corrected chi connectivity index (χ0v) is 12.3. The molecule has 0 unspecified atom stereocenters. The lowest BCUT2D eigenvalue weighted by Gasteiger charge is -2.38. The van der Waals surface area contributed by atoms with Crippen molar-refractivity contribution in [3.63, 3.8) is 0 Å². The number of carbonyl (C=O) groups is 1. The van der Waals surface area contributed by atoms with Gasteiger partial charge >= 0.3 is 0 Å². The molecule has 1 amide bonds. The van der Waals surface area contributed by atoms with Crippen molar-refractivity contribution in [1.29, 1.82) is 0 Å². The van der Waals surface area contributed by atoms with Crippen LogP contribution in [0.25, 0.3) is 0 Å². The monoisotopic (exact) mass is 311 g/mol. The summed E-state index contributed by atoms with van der Waals surface area (Å²) in [4.78, 5) is 18.3. The predicted molar refractivity (Wildman–Crippen MR) is 75.3 cm³/mol. The molecule has 1 aliphatic heterocycles. The van der Waals surface area contributed by atoms with Gasteiger partial charge in [0.25, 0.3) is 5.91 Å². The van der Waals surface area contributed by atoms with E-state index in [-0.39, 0.29) is 11.3 Å². The van der Waals surface area contributed by atoms with Crippen LogP contribution in [0.1, 0.15) is 37.0 Å². The second-order valence-corrected chi connectivity index (χ2v) is 6.50. The van der Waals surface area contributed by atoms with Gasteiger partial charge in [0.15, 0.2) is 0 Å². The molecule has 1 aromatic heterocycles. The van der Waals surface area contributed by atoms with Crippen molar-refractivity contribution in [1.82, 2.24) is 9.88 Å². The first-order valence-electron chi connectivity index (χ1n) is 6.09. The van der Waals surface area contributed by atoms with Crippen LogP contribution < -0.4 is 5.73 Å². The van der Waals surface area contributed by atoms with Crippen molar-refractivity contribution in [3.8, 4) is 0 Å². The fourth-order valence-corrected chi connectivity index (χ4v) is 2.72. The Kier molecular flexibility index (Phi) is 3.61. The molecule has 0 radical (unpaired) electrons. The van der Waals surface area contributed by atoms with E-state index in [1.54, 1.807) is 12.3 Å². The Morgan fingerprint density at radius 2 is 2.28 bits per heavy atom. The second kappa shape index (κ2) is 4.88. The third-order valence-electron chi connectivity index (χ3n) is 3.30. The van der Waals surface area contributed by atoms with E-state index in [0.29, 0.717) is 11.4 Å². The molecule has 2 heterocycles. The van der Waals surface area contributed by atoms with Crippen LogP contribution in [0.5, 0.6) is 0 Å². The highest BCUT2D eigenvalue weighted by molar-refractivity contribution is 9.10. The third kappa shape index (κ3) is 2.83. The number of amides is 1. The molecule has 1 aliphatic rings. The van der Waals surface area contributed by atoms with Gasteiger partial charge in [-0.25, -0.2) is 4.98 Å². The van der Waals surface area contributed by atoms with Crippen molar-refractivity contribution >= 4 is 27.7 Å². The zero-order chi connectivity index (χ0) is 13.3. The van der Waals surface area contributed by atoms with E-state index >= 15 is 0 Å². The molecule has 2 rings (SSSR count). The number of piperidine rings is 1. The lowest BCUT2D eigenvalue weighted by Crippen LogP contribution is -2.43. The molecule has 0 bridgehead atoms. The van der Waals surface area contributed by atoms with E-state index in [4.69, 9.17) is 5.73 Å². The van der Waals surface area contributed by atoms with Crippen LogP contribution in [-0.2, 0) is 0 Å². The quantitative estimate of drug-likeness (QED) is 0.867. The minimum Gasteiger partial charge on any atom is -0.383 e. The number of nitrogen functional groups attached to an aromatic ring is 1. The molecule has 4 nitrogen and oxygen atoms in total. The molecule has 1 saturated heterocycles. The van der Waals surface area contributed by atoms with Gasteiger partial charge in [0.2, 0.25) is 0 Å². The molecule has 98 valence electrons. The standard InChI is InChI=1S/C13H18BrN3O/c1-13(2)4-3-5-17(8-13)12(18)10-6-9(14)7-16-11(10)15/h6-7H,3-5,8H2,1-2H3,(H2,15,16). The summed E-state index contributed by atoms with van der Waals surface area (Å²) in [5, 5.41) is 0. The van der Waals surface area contributed by atoms with Crippen molar-refractivity contribution < 1.29 is 4.79 Å². The summed E-state index contributed by atoms with van der Waals surface area (Å²) in [6.45, 7) is 5.95. The third-order valence-corrected chi connectivity index (χ3v) is 3.74. The highest BCUT2D eigenvalue weighted by Gasteiger charge is 2.30. The van der Waals surface area contributed by atoms with Crippen LogP contribution in [0, 0.1) is 5.41 Å². The van der Waals surface area contributed by atoms with Crippen molar-refractivity contribution in [2.75, 3.05) is 18.8 Å². The minimum absolute atomic E-state index is 0.0194. The number of aromatic nitrogens is 1. The Hall–Kier alpha value is -1.10. The largest absolute Gasteiger partial charge is 0.383 e. The number of hydrogen-bond donors (Lipinski definition) is 1. The molecular weight excluding hydrogens is 294 g/mol. The zero-order valence-electron chi connectivity index (χ0n) is 10.7. The van der Waals surface area contributed by atoms with E-state index in [0.717, 1.165) is 30.4 Å². The maximum Gasteiger partial charge on any atom is 0.257 e. The number of anilines is 1. The van der Waals surface area contributed by atoms with Gasteiger partial charge in [-0.05, 0) is 40.3 Å². The Bertz CT molecular complexity index is 473. The van der Waals surface area contributed by atoms with Crippen molar-refractivity contribution in [2.45, 2.75) is 26.7 Å². The average molecular weight is 312 g/mol. The molecule has 1 fully saturated rings. The molecule has 0 aliphatic carbocycles. The van der Waals surface area contributed by atoms with E-state index in [1.807, 2.05) is 4.90 Å². The fourth-order valence-electron chi connectivity index (χ4n) is 2.39. The number of hydrogen-bond acceptors (Lipinski definition) is 3. The number of nitrogens with two attached hydrogens (primary N) is 1. The summed E-state index contributed by atoms with van der Waals surface area (Å²) in [5.41, 5.74) is 6.46. The summed E-state index contributed by atoms with van der Waals surface area (Å²) in [6, 6.07) is 1.74. The van der Waals surface area contributed by atoms with E-state index < -0.39 is 0 Å². The number of halogens is 1. The van der Waals surface area contributed by atoms with Gasteiger partial charge in [-0.1, -0.05) is 13.8 Å². The molecule has 0 aromatic carbocycles. The van der Waals surface area contributed by atoms with Gasteiger partial charge in [0.05, 0.1) is 5.56 Å². The number of nitrogens with zero attached hydrogens (tertiary/aromatic N) is 2. The van der Waals surface area contributed by atoms with E-state index in [2.05, 4.69) is 34.8 Å². The lowest BCUT2D eigenvalue weighted by molar-refractivity contribution is 0.0584. The molecule has 2 N–H and O–H groups in total. The molecule has 5 heteroatoms. The van der Waals surface area contributed by atoms with Crippen LogP contribution in [0.4, 0.5) is 5.82 Å². The fraction of sp³-hybridized carbons (Fsp3) is 0.538. The van der Waals surface area contributed by atoms with Gasteiger partial charge in [-0.15, -0.1) is 0 Å².